The Labute approximate surface area is 133 Å². The molecule has 0 aromatic heterocycles. The van der Waals surface area contributed by atoms with Crippen molar-refractivity contribution >= 4 is 0 Å². The number of nitrogens with one attached hydrogen (secondary N) is 1. The average Bonchev–Trinajstić information content (AvgIpc) is 2.42. The van der Waals surface area contributed by atoms with Crippen LogP contribution in [0, 0.1) is 17.8 Å². The van der Waals surface area contributed by atoms with Gasteiger partial charge in [0.05, 0.1) is 0 Å². The van der Waals surface area contributed by atoms with Crippen molar-refractivity contribution in [3.05, 3.63) is 0 Å². The Morgan fingerprint density at radius 3 is 2.38 bits per heavy atom. The van der Waals surface area contributed by atoms with Gasteiger partial charge in [0, 0.05) is 19.1 Å². The maximum Gasteiger partial charge on any atom is 0.0108 e. The number of hydrogen-bond acceptors (Lipinski definition) is 2. The van der Waals surface area contributed by atoms with Crippen LogP contribution in [0.15, 0.2) is 0 Å². The lowest BCUT2D eigenvalue weighted by Crippen LogP contribution is -2.46. The molecule has 0 radical (unpaired) electrons. The first-order valence-corrected chi connectivity index (χ1v) is 9.64. The lowest BCUT2D eigenvalue weighted by atomic mass is 9.75. The lowest BCUT2D eigenvalue weighted by molar-refractivity contribution is 0.126. The van der Waals surface area contributed by atoms with Crippen molar-refractivity contribution in [2.75, 3.05) is 26.7 Å². The normalized spacial score (nSPS) is 30.6. The van der Waals surface area contributed by atoms with Gasteiger partial charge in [0.1, 0.15) is 0 Å². The maximum atomic E-state index is 3.84. The molecular weight excluding hydrogens is 256 g/mol. The van der Waals surface area contributed by atoms with Crippen LogP contribution in [-0.4, -0.2) is 37.6 Å². The average molecular weight is 295 g/mol. The minimum atomic E-state index is 0.780. The van der Waals surface area contributed by atoms with E-state index in [1.54, 1.807) is 0 Å². The highest BCUT2D eigenvalue weighted by Crippen LogP contribution is 2.33. The molecule has 2 heteroatoms. The third kappa shape index (κ3) is 5.56. The Kier molecular flexibility index (Phi) is 7.53. The molecule has 2 saturated carbocycles. The van der Waals surface area contributed by atoms with Gasteiger partial charge < -0.3 is 10.2 Å². The summed E-state index contributed by atoms with van der Waals surface area (Å²) in [7, 11) is 2.36. The van der Waals surface area contributed by atoms with E-state index in [0.29, 0.717) is 0 Å². The number of nitrogens with zero attached hydrogens (tertiary/aromatic N) is 1. The van der Waals surface area contributed by atoms with Crippen LogP contribution in [0.25, 0.3) is 0 Å². The number of hydrogen-bond donors (Lipinski definition) is 1. The molecule has 0 aromatic rings. The quantitative estimate of drug-likeness (QED) is 0.682. The molecule has 3 unspecified atom stereocenters. The molecule has 0 bridgehead atoms. The number of rotatable bonds is 9. The van der Waals surface area contributed by atoms with Crippen molar-refractivity contribution in [3.8, 4) is 0 Å². The predicted molar refractivity (Wildman–Crippen MR) is 92.7 cm³/mol. The summed E-state index contributed by atoms with van der Waals surface area (Å²) in [5.41, 5.74) is 0. The van der Waals surface area contributed by atoms with E-state index in [0.717, 1.165) is 23.8 Å². The minimum Gasteiger partial charge on any atom is -0.314 e. The van der Waals surface area contributed by atoms with Crippen LogP contribution in [0.5, 0.6) is 0 Å². The molecule has 124 valence electrons. The van der Waals surface area contributed by atoms with Crippen molar-refractivity contribution in [2.45, 2.75) is 77.7 Å². The lowest BCUT2D eigenvalue weighted by Gasteiger charge is -2.40. The van der Waals surface area contributed by atoms with Gasteiger partial charge in [-0.25, -0.2) is 0 Å². The van der Waals surface area contributed by atoms with Gasteiger partial charge in [-0.3, -0.25) is 0 Å². The molecule has 3 atom stereocenters. The van der Waals surface area contributed by atoms with Gasteiger partial charge in [-0.1, -0.05) is 33.1 Å². The summed E-state index contributed by atoms with van der Waals surface area (Å²) < 4.78 is 0. The molecule has 2 aliphatic carbocycles. The Bertz CT molecular complexity index is 275. The molecular formula is C19H38N2. The predicted octanol–water partition coefficient (Wildman–Crippen LogP) is 4.30. The highest BCUT2D eigenvalue weighted by atomic mass is 15.1. The standard InChI is InChI=1S/C19H38N2/c1-4-7-16-10-11-19(20-12-5-2)18(13-16)15-21(3)14-17-8-6-9-17/h16-20H,4-15H2,1-3H3. The Morgan fingerprint density at radius 1 is 0.952 bits per heavy atom. The molecule has 0 amide bonds. The largest absolute Gasteiger partial charge is 0.314 e. The molecule has 2 rings (SSSR count). The first kappa shape index (κ1) is 17.3. The van der Waals surface area contributed by atoms with Crippen LogP contribution < -0.4 is 5.32 Å². The zero-order chi connectivity index (χ0) is 15.1. The first-order valence-electron chi connectivity index (χ1n) is 9.64. The van der Waals surface area contributed by atoms with Crippen LogP contribution >= 0.6 is 0 Å². The molecule has 0 heterocycles. The first-order chi connectivity index (χ1) is 10.2. The van der Waals surface area contributed by atoms with E-state index in [1.807, 2.05) is 0 Å². The second kappa shape index (κ2) is 9.15. The minimum absolute atomic E-state index is 0.780. The van der Waals surface area contributed by atoms with E-state index < -0.39 is 0 Å². The van der Waals surface area contributed by atoms with Crippen LogP contribution in [0.3, 0.4) is 0 Å². The van der Waals surface area contributed by atoms with E-state index >= 15 is 0 Å². The summed E-state index contributed by atoms with van der Waals surface area (Å²) >= 11 is 0. The van der Waals surface area contributed by atoms with Gasteiger partial charge in [-0.2, -0.15) is 0 Å². The topological polar surface area (TPSA) is 15.3 Å². The van der Waals surface area contributed by atoms with Crippen molar-refractivity contribution in [1.29, 1.82) is 0 Å². The Hall–Kier alpha value is -0.0800. The van der Waals surface area contributed by atoms with Crippen LogP contribution in [0.4, 0.5) is 0 Å². The Morgan fingerprint density at radius 2 is 1.76 bits per heavy atom. The molecule has 2 aliphatic rings. The van der Waals surface area contributed by atoms with Crippen LogP contribution in [-0.2, 0) is 0 Å². The fraction of sp³-hybridized carbons (Fsp3) is 1.00. The van der Waals surface area contributed by atoms with Crippen molar-refractivity contribution < 1.29 is 0 Å². The van der Waals surface area contributed by atoms with Gasteiger partial charge in [0.25, 0.3) is 0 Å². The van der Waals surface area contributed by atoms with Gasteiger partial charge in [-0.15, -0.1) is 0 Å². The highest BCUT2D eigenvalue weighted by Gasteiger charge is 2.31. The smallest absolute Gasteiger partial charge is 0.0108 e. The molecule has 2 nitrogen and oxygen atoms in total. The summed E-state index contributed by atoms with van der Waals surface area (Å²) in [6.07, 6.45) is 12.8. The van der Waals surface area contributed by atoms with Crippen molar-refractivity contribution in [2.24, 2.45) is 17.8 Å². The van der Waals surface area contributed by atoms with Gasteiger partial charge in [-0.05, 0) is 69.9 Å². The summed E-state index contributed by atoms with van der Waals surface area (Å²) in [5.74, 6) is 2.88. The summed E-state index contributed by atoms with van der Waals surface area (Å²) in [4.78, 5) is 2.64. The van der Waals surface area contributed by atoms with Crippen molar-refractivity contribution in [3.63, 3.8) is 0 Å². The van der Waals surface area contributed by atoms with Gasteiger partial charge >= 0.3 is 0 Å². The summed E-state index contributed by atoms with van der Waals surface area (Å²) in [5, 5.41) is 3.84. The van der Waals surface area contributed by atoms with Crippen LogP contribution in [0.2, 0.25) is 0 Å². The van der Waals surface area contributed by atoms with E-state index in [-0.39, 0.29) is 0 Å². The maximum absolute atomic E-state index is 3.84. The molecule has 0 aliphatic heterocycles. The monoisotopic (exact) mass is 294 g/mol. The SMILES string of the molecule is CCCNC1CCC(CCC)CC1CN(C)CC1CCC1. The highest BCUT2D eigenvalue weighted by molar-refractivity contribution is 4.87. The molecule has 0 saturated heterocycles. The van der Waals surface area contributed by atoms with E-state index in [4.69, 9.17) is 0 Å². The van der Waals surface area contributed by atoms with E-state index in [2.05, 4.69) is 31.1 Å². The van der Waals surface area contributed by atoms with Gasteiger partial charge in [0.15, 0.2) is 0 Å². The third-order valence-corrected chi connectivity index (χ3v) is 5.79. The van der Waals surface area contributed by atoms with Crippen molar-refractivity contribution in [1.82, 2.24) is 10.2 Å². The van der Waals surface area contributed by atoms with Crippen LogP contribution in [0.1, 0.15) is 71.6 Å². The second-order valence-electron chi connectivity index (χ2n) is 7.81. The second-order valence-corrected chi connectivity index (χ2v) is 7.81. The van der Waals surface area contributed by atoms with Gasteiger partial charge in [0.2, 0.25) is 0 Å². The fourth-order valence-corrected chi connectivity index (χ4v) is 4.42. The zero-order valence-electron chi connectivity index (χ0n) is 14.7. The zero-order valence-corrected chi connectivity index (χ0v) is 14.7. The summed E-state index contributed by atoms with van der Waals surface area (Å²) in [6, 6.07) is 0.780. The third-order valence-electron chi connectivity index (χ3n) is 5.79. The van der Waals surface area contributed by atoms with E-state index in [1.165, 1.54) is 77.4 Å². The fourth-order valence-electron chi connectivity index (χ4n) is 4.42. The molecule has 1 N–H and O–H groups in total. The molecule has 0 spiro atoms. The molecule has 21 heavy (non-hydrogen) atoms. The molecule has 0 aromatic carbocycles. The summed E-state index contributed by atoms with van der Waals surface area (Å²) in [6.45, 7) is 8.49. The Balaban J connectivity index is 1.81. The molecule has 2 fully saturated rings. The van der Waals surface area contributed by atoms with E-state index in [9.17, 15) is 0 Å².